The van der Waals surface area contributed by atoms with Gasteiger partial charge in [0.2, 0.25) is 0 Å². The molecule has 1 amide bonds. The summed E-state index contributed by atoms with van der Waals surface area (Å²) in [6.45, 7) is 10.3. The van der Waals surface area contributed by atoms with E-state index in [0.717, 1.165) is 18.5 Å². The lowest BCUT2D eigenvalue weighted by Gasteiger charge is -2.22. The number of nitrogens with one attached hydrogen (secondary N) is 2. The van der Waals surface area contributed by atoms with Gasteiger partial charge in [0.25, 0.3) is 0 Å². The summed E-state index contributed by atoms with van der Waals surface area (Å²) >= 11 is 0. The van der Waals surface area contributed by atoms with Crippen LogP contribution in [-0.4, -0.2) is 29.4 Å². The molecule has 1 rings (SSSR count). The first-order valence-electron chi connectivity index (χ1n) is 7.69. The fraction of sp³-hybridized carbons (Fsp3) is 0.588. The van der Waals surface area contributed by atoms with Gasteiger partial charge in [-0.3, -0.25) is 0 Å². The Hall–Kier alpha value is -1.75. The molecule has 0 saturated heterocycles. The minimum atomic E-state index is -0.480. The number of carbonyl (C=O) groups is 1. The van der Waals surface area contributed by atoms with Crippen molar-refractivity contribution in [1.29, 1.82) is 0 Å². The predicted molar refractivity (Wildman–Crippen MR) is 88.0 cm³/mol. The van der Waals surface area contributed by atoms with Gasteiger partial charge in [-0.2, -0.15) is 0 Å². The molecule has 124 valence electrons. The molecule has 0 aliphatic rings. The summed E-state index contributed by atoms with van der Waals surface area (Å²) in [6.07, 6.45) is 0.406. The third kappa shape index (κ3) is 7.31. The van der Waals surface area contributed by atoms with Crippen LogP contribution >= 0.6 is 0 Å². The molecule has 0 aliphatic carbocycles. The molecule has 2 atom stereocenters. The topological polar surface area (TPSA) is 70.6 Å². The van der Waals surface area contributed by atoms with E-state index in [9.17, 15) is 9.90 Å². The summed E-state index contributed by atoms with van der Waals surface area (Å²) in [6, 6.07) is 7.37. The maximum Gasteiger partial charge on any atom is 0.407 e. The highest BCUT2D eigenvalue weighted by Gasteiger charge is 2.17. The molecule has 1 aromatic rings. The first-order chi connectivity index (χ1) is 10.2. The molecule has 0 fully saturated rings. The van der Waals surface area contributed by atoms with Crippen LogP contribution in [0, 0.1) is 0 Å². The molecule has 3 N–H and O–H groups in total. The number of ether oxygens (including phenoxy) is 1. The van der Waals surface area contributed by atoms with Crippen molar-refractivity contribution in [1.82, 2.24) is 10.6 Å². The highest BCUT2D eigenvalue weighted by Crippen LogP contribution is 2.17. The number of carbonyl (C=O) groups excluding carboxylic acids is 1. The first-order valence-corrected chi connectivity index (χ1v) is 7.69. The summed E-state index contributed by atoms with van der Waals surface area (Å²) < 4.78 is 5.22. The average molecular weight is 308 g/mol. The Morgan fingerprint density at radius 1 is 1.32 bits per heavy atom. The number of alkyl carbamates (subject to hydrolysis) is 1. The van der Waals surface area contributed by atoms with Gasteiger partial charge in [0.05, 0.1) is 0 Å². The normalized spacial score (nSPS) is 14.2. The third-order valence-electron chi connectivity index (χ3n) is 3.16. The Morgan fingerprint density at radius 2 is 2.00 bits per heavy atom. The van der Waals surface area contributed by atoms with Crippen molar-refractivity contribution in [3.8, 4) is 5.75 Å². The number of aromatic hydroxyl groups is 1. The van der Waals surface area contributed by atoms with Gasteiger partial charge < -0.3 is 20.5 Å². The number of hydrogen-bond acceptors (Lipinski definition) is 4. The van der Waals surface area contributed by atoms with Gasteiger partial charge >= 0.3 is 6.09 Å². The van der Waals surface area contributed by atoms with Crippen molar-refractivity contribution in [2.75, 3.05) is 6.54 Å². The molecule has 0 aromatic heterocycles. The molecule has 0 saturated carbocycles. The Morgan fingerprint density at radius 3 is 2.59 bits per heavy atom. The minimum Gasteiger partial charge on any atom is -0.508 e. The minimum absolute atomic E-state index is 0.0266. The van der Waals surface area contributed by atoms with Crippen LogP contribution < -0.4 is 10.6 Å². The second-order valence-electron chi connectivity index (χ2n) is 6.61. The highest BCUT2D eigenvalue weighted by molar-refractivity contribution is 5.67. The van der Waals surface area contributed by atoms with Gasteiger partial charge in [-0.15, -0.1) is 0 Å². The largest absolute Gasteiger partial charge is 0.508 e. The van der Waals surface area contributed by atoms with Crippen LogP contribution in [0.2, 0.25) is 0 Å². The molecule has 0 heterocycles. The monoisotopic (exact) mass is 308 g/mol. The fourth-order valence-corrected chi connectivity index (χ4v) is 2.01. The number of phenolic OH excluding ortho intramolecular Hbond substituents is 1. The molecule has 0 aliphatic heterocycles. The van der Waals surface area contributed by atoms with E-state index >= 15 is 0 Å². The maximum atomic E-state index is 11.6. The summed E-state index contributed by atoms with van der Waals surface area (Å²) in [5.74, 6) is 0.270. The van der Waals surface area contributed by atoms with E-state index in [-0.39, 0.29) is 23.9 Å². The lowest BCUT2D eigenvalue weighted by Crippen LogP contribution is -2.39. The molecule has 2 unspecified atom stereocenters. The van der Waals surface area contributed by atoms with Crippen molar-refractivity contribution < 1.29 is 14.6 Å². The van der Waals surface area contributed by atoms with Gasteiger partial charge in [0, 0.05) is 12.1 Å². The highest BCUT2D eigenvalue weighted by atomic mass is 16.6. The molecule has 1 aromatic carbocycles. The smallest absolute Gasteiger partial charge is 0.407 e. The lowest BCUT2D eigenvalue weighted by molar-refractivity contribution is 0.0506. The summed E-state index contributed by atoms with van der Waals surface area (Å²) in [5.41, 5.74) is 0.555. The summed E-state index contributed by atoms with van der Waals surface area (Å²) in [7, 11) is 0. The zero-order valence-electron chi connectivity index (χ0n) is 14.1. The van der Waals surface area contributed by atoms with Crippen LogP contribution in [-0.2, 0) is 4.74 Å². The molecule has 0 spiro atoms. The van der Waals surface area contributed by atoms with E-state index in [4.69, 9.17) is 4.74 Å². The van der Waals surface area contributed by atoms with E-state index in [0.29, 0.717) is 0 Å². The van der Waals surface area contributed by atoms with Crippen LogP contribution in [0.1, 0.15) is 52.6 Å². The van der Waals surface area contributed by atoms with E-state index < -0.39 is 5.60 Å². The van der Waals surface area contributed by atoms with Gasteiger partial charge in [-0.25, -0.2) is 4.79 Å². The molecule has 0 bridgehead atoms. The van der Waals surface area contributed by atoms with Crippen LogP contribution in [0.3, 0.4) is 0 Å². The standard InChI is InChI=1S/C17H28N2O3/c1-12(19-16(21)22-17(3,4)5)9-10-18-13(2)14-7-6-8-15(20)11-14/h6-8,11-13,18,20H,9-10H2,1-5H3,(H,19,21). The zero-order valence-corrected chi connectivity index (χ0v) is 14.1. The fourth-order valence-electron chi connectivity index (χ4n) is 2.01. The zero-order chi connectivity index (χ0) is 16.8. The summed E-state index contributed by atoms with van der Waals surface area (Å²) in [5, 5.41) is 15.7. The molecular formula is C17H28N2O3. The molecule has 0 radical (unpaired) electrons. The van der Waals surface area contributed by atoms with Crippen molar-refractivity contribution in [3.63, 3.8) is 0 Å². The Labute approximate surface area is 133 Å². The van der Waals surface area contributed by atoms with Crippen molar-refractivity contribution in [3.05, 3.63) is 29.8 Å². The van der Waals surface area contributed by atoms with Crippen LogP contribution in [0.25, 0.3) is 0 Å². The lowest BCUT2D eigenvalue weighted by atomic mass is 10.1. The van der Waals surface area contributed by atoms with Gasteiger partial charge in [0.1, 0.15) is 11.4 Å². The predicted octanol–water partition coefficient (Wildman–Crippen LogP) is 3.35. The first kappa shape index (κ1) is 18.3. The molecule has 5 nitrogen and oxygen atoms in total. The number of amides is 1. The van der Waals surface area contributed by atoms with Crippen LogP contribution in [0.15, 0.2) is 24.3 Å². The number of rotatable bonds is 6. The van der Waals surface area contributed by atoms with E-state index in [1.165, 1.54) is 0 Å². The number of benzene rings is 1. The molecule has 5 heteroatoms. The average Bonchev–Trinajstić information content (AvgIpc) is 2.36. The van der Waals surface area contributed by atoms with Crippen molar-refractivity contribution >= 4 is 6.09 Å². The van der Waals surface area contributed by atoms with Crippen molar-refractivity contribution in [2.24, 2.45) is 0 Å². The number of phenols is 1. The SMILES string of the molecule is CC(CCNC(C)c1cccc(O)c1)NC(=O)OC(C)(C)C. The Balaban J connectivity index is 2.30. The van der Waals surface area contributed by atoms with Gasteiger partial charge in [-0.05, 0) is 65.3 Å². The van der Waals surface area contributed by atoms with Crippen molar-refractivity contribution in [2.45, 2.75) is 58.7 Å². The second-order valence-corrected chi connectivity index (χ2v) is 6.61. The Bertz CT molecular complexity index is 483. The third-order valence-corrected chi connectivity index (χ3v) is 3.16. The molecular weight excluding hydrogens is 280 g/mol. The molecule has 22 heavy (non-hydrogen) atoms. The van der Waals surface area contributed by atoms with Gasteiger partial charge in [0.15, 0.2) is 0 Å². The van der Waals surface area contributed by atoms with E-state index in [2.05, 4.69) is 10.6 Å². The quantitative estimate of drug-likeness (QED) is 0.754. The van der Waals surface area contributed by atoms with E-state index in [1.54, 1.807) is 12.1 Å². The summed E-state index contributed by atoms with van der Waals surface area (Å²) in [4.78, 5) is 11.6. The van der Waals surface area contributed by atoms with Gasteiger partial charge in [-0.1, -0.05) is 12.1 Å². The Kier molecular flexibility index (Phi) is 6.68. The van der Waals surface area contributed by atoms with Crippen LogP contribution in [0.4, 0.5) is 4.79 Å². The number of hydrogen-bond donors (Lipinski definition) is 3. The maximum absolute atomic E-state index is 11.6. The van der Waals surface area contributed by atoms with E-state index in [1.807, 2.05) is 46.8 Å². The second kappa shape index (κ2) is 8.03. The van der Waals surface area contributed by atoms with Crippen LogP contribution in [0.5, 0.6) is 5.75 Å².